The molecule has 1 heterocycles. The predicted octanol–water partition coefficient (Wildman–Crippen LogP) is 6.04. The first-order valence-electron chi connectivity index (χ1n) is 9.05. The number of pyridine rings is 1. The summed E-state index contributed by atoms with van der Waals surface area (Å²) in [5, 5.41) is 2.17. The van der Waals surface area contributed by atoms with E-state index in [1.54, 1.807) is 0 Å². The molecule has 0 saturated heterocycles. The lowest BCUT2D eigenvalue weighted by atomic mass is 9.78. The van der Waals surface area contributed by atoms with Gasteiger partial charge in [-0.3, -0.25) is 0 Å². The van der Waals surface area contributed by atoms with Crippen LogP contribution in [0.4, 0.5) is 10.2 Å². The lowest BCUT2D eigenvalue weighted by Gasteiger charge is -2.28. The van der Waals surface area contributed by atoms with Crippen molar-refractivity contribution < 1.29 is 4.39 Å². The zero-order valence-corrected chi connectivity index (χ0v) is 15.7. The van der Waals surface area contributed by atoms with Crippen molar-refractivity contribution in [2.24, 2.45) is 10.9 Å². The molecule has 4 heteroatoms. The Labute approximate surface area is 159 Å². The van der Waals surface area contributed by atoms with E-state index in [1.807, 2.05) is 12.1 Å². The molecule has 0 N–H and O–H groups in total. The number of hydrogen-bond acceptors (Lipinski definition) is 3. The molecule has 1 aliphatic rings. The highest BCUT2D eigenvalue weighted by Crippen LogP contribution is 2.36. The zero-order valence-electron chi connectivity index (χ0n) is 14.8. The second-order valence-electron chi connectivity index (χ2n) is 6.72. The van der Waals surface area contributed by atoms with Crippen LogP contribution in [0, 0.1) is 23.6 Å². The van der Waals surface area contributed by atoms with E-state index in [2.05, 4.69) is 58.3 Å². The third kappa shape index (κ3) is 4.64. The maximum absolute atomic E-state index is 14.0. The molecule has 1 aromatic heterocycles. The number of benzene rings is 1. The Morgan fingerprint density at radius 1 is 1.15 bits per heavy atom. The smallest absolute Gasteiger partial charge is 0.165 e. The standard InChI is InChI=1S/C22H21FN2S/c1-2-16-3-8-18(9-4-16)19-10-5-17(6-11-19)7-12-20-14-24-22(25-15-26)13-21(20)23/h5-6,10-11,13-14,16,18H,2-4,8-9H2,1H3. The van der Waals surface area contributed by atoms with Crippen LogP contribution in [0.15, 0.2) is 41.5 Å². The molecule has 0 radical (unpaired) electrons. The first-order chi connectivity index (χ1) is 12.7. The fourth-order valence-corrected chi connectivity index (χ4v) is 3.60. The normalized spacial score (nSPS) is 19.2. The molecule has 1 aromatic carbocycles. The summed E-state index contributed by atoms with van der Waals surface area (Å²) in [5.41, 5.74) is 2.51. The second-order valence-corrected chi connectivity index (χ2v) is 6.91. The average Bonchev–Trinajstić information content (AvgIpc) is 2.68. The molecule has 0 bridgehead atoms. The molecule has 0 aliphatic heterocycles. The van der Waals surface area contributed by atoms with E-state index in [0.29, 0.717) is 5.92 Å². The van der Waals surface area contributed by atoms with E-state index >= 15 is 0 Å². The van der Waals surface area contributed by atoms with Crippen LogP contribution in [0.1, 0.15) is 61.6 Å². The highest BCUT2D eigenvalue weighted by Gasteiger charge is 2.20. The fraction of sp³-hybridized carbons (Fsp3) is 0.364. The number of hydrogen-bond donors (Lipinski definition) is 0. The van der Waals surface area contributed by atoms with Crippen molar-refractivity contribution in [3.05, 3.63) is 59.0 Å². The Kier molecular flexibility index (Phi) is 6.28. The summed E-state index contributed by atoms with van der Waals surface area (Å²) in [6.07, 6.45) is 7.88. The van der Waals surface area contributed by atoms with Crippen molar-refractivity contribution in [1.82, 2.24) is 4.98 Å². The third-order valence-electron chi connectivity index (χ3n) is 5.15. The SMILES string of the molecule is CCC1CCC(c2ccc(C#Cc3cnc(N=C=S)cc3F)cc2)CC1. The summed E-state index contributed by atoms with van der Waals surface area (Å²) < 4.78 is 14.0. The van der Waals surface area contributed by atoms with Crippen molar-refractivity contribution in [2.75, 3.05) is 0 Å². The summed E-state index contributed by atoms with van der Waals surface area (Å²) >= 11 is 4.49. The summed E-state index contributed by atoms with van der Waals surface area (Å²) in [6.45, 7) is 2.29. The van der Waals surface area contributed by atoms with Crippen LogP contribution in [0.5, 0.6) is 0 Å². The van der Waals surface area contributed by atoms with E-state index in [0.717, 1.165) is 11.5 Å². The number of nitrogens with zero attached hydrogens (tertiary/aromatic N) is 2. The van der Waals surface area contributed by atoms with Gasteiger partial charge in [0.25, 0.3) is 0 Å². The summed E-state index contributed by atoms with van der Waals surface area (Å²) in [7, 11) is 0. The van der Waals surface area contributed by atoms with Crippen molar-refractivity contribution in [3.8, 4) is 11.8 Å². The van der Waals surface area contributed by atoms with Crippen LogP contribution in [0.2, 0.25) is 0 Å². The minimum atomic E-state index is -0.458. The van der Waals surface area contributed by atoms with Gasteiger partial charge in [0.15, 0.2) is 5.82 Å². The van der Waals surface area contributed by atoms with E-state index in [1.165, 1.54) is 49.9 Å². The Balaban J connectivity index is 1.69. The molecule has 132 valence electrons. The second kappa shape index (κ2) is 8.85. The molecule has 1 fully saturated rings. The van der Waals surface area contributed by atoms with Gasteiger partial charge in [-0.1, -0.05) is 37.3 Å². The molecule has 1 aliphatic carbocycles. The van der Waals surface area contributed by atoms with Gasteiger partial charge in [-0.25, -0.2) is 9.37 Å². The minimum absolute atomic E-state index is 0.199. The fourth-order valence-electron chi connectivity index (χ4n) is 3.50. The van der Waals surface area contributed by atoms with Gasteiger partial charge in [0.2, 0.25) is 0 Å². The number of aromatic nitrogens is 1. The zero-order chi connectivity index (χ0) is 18.4. The van der Waals surface area contributed by atoms with Crippen molar-refractivity contribution >= 4 is 23.2 Å². The molecule has 2 nitrogen and oxygen atoms in total. The Morgan fingerprint density at radius 3 is 2.50 bits per heavy atom. The number of aliphatic imine (C=N–C) groups is 1. The van der Waals surface area contributed by atoms with Crippen LogP contribution >= 0.6 is 12.2 Å². The Morgan fingerprint density at radius 2 is 1.88 bits per heavy atom. The lowest BCUT2D eigenvalue weighted by Crippen LogP contribution is -2.12. The number of isothiocyanates is 1. The van der Waals surface area contributed by atoms with Gasteiger partial charge in [-0.2, -0.15) is 4.99 Å². The molecule has 0 amide bonds. The average molecular weight is 364 g/mol. The number of halogens is 1. The van der Waals surface area contributed by atoms with Gasteiger partial charge in [-0.05, 0) is 67.4 Å². The van der Waals surface area contributed by atoms with Gasteiger partial charge in [-0.15, -0.1) is 0 Å². The van der Waals surface area contributed by atoms with Crippen LogP contribution in [0.3, 0.4) is 0 Å². The molecule has 0 unspecified atom stereocenters. The monoisotopic (exact) mass is 364 g/mol. The third-order valence-corrected chi connectivity index (χ3v) is 5.24. The molecule has 1 saturated carbocycles. The number of rotatable bonds is 3. The highest BCUT2D eigenvalue weighted by molar-refractivity contribution is 7.78. The van der Waals surface area contributed by atoms with E-state index in [4.69, 9.17) is 0 Å². The van der Waals surface area contributed by atoms with Crippen molar-refractivity contribution in [2.45, 2.75) is 44.9 Å². The van der Waals surface area contributed by atoms with E-state index in [-0.39, 0.29) is 11.4 Å². The topological polar surface area (TPSA) is 25.2 Å². The first-order valence-corrected chi connectivity index (χ1v) is 9.45. The lowest BCUT2D eigenvalue weighted by molar-refractivity contribution is 0.319. The summed E-state index contributed by atoms with van der Waals surface area (Å²) in [4.78, 5) is 7.65. The molecule has 2 aromatic rings. The highest BCUT2D eigenvalue weighted by atomic mass is 32.1. The van der Waals surface area contributed by atoms with Gasteiger partial charge in [0.05, 0.1) is 10.7 Å². The minimum Gasteiger partial charge on any atom is -0.235 e. The van der Waals surface area contributed by atoms with Gasteiger partial charge >= 0.3 is 0 Å². The summed E-state index contributed by atoms with van der Waals surface area (Å²) in [6, 6.07) is 9.56. The predicted molar refractivity (Wildman–Crippen MR) is 106 cm³/mol. The Hall–Kier alpha value is -2.34. The first kappa shape index (κ1) is 18.5. The quantitative estimate of drug-likeness (QED) is 0.377. The van der Waals surface area contributed by atoms with E-state index < -0.39 is 5.82 Å². The maximum atomic E-state index is 14.0. The molecule has 3 rings (SSSR count). The molecular formula is C22H21FN2S. The van der Waals surface area contributed by atoms with Crippen LogP contribution < -0.4 is 0 Å². The van der Waals surface area contributed by atoms with E-state index in [9.17, 15) is 4.39 Å². The van der Waals surface area contributed by atoms with Gasteiger partial charge < -0.3 is 0 Å². The van der Waals surface area contributed by atoms with Crippen molar-refractivity contribution in [1.29, 1.82) is 0 Å². The van der Waals surface area contributed by atoms with Crippen LogP contribution in [0.25, 0.3) is 0 Å². The van der Waals surface area contributed by atoms with Gasteiger partial charge in [0.1, 0.15) is 5.82 Å². The largest absolute Gasteiger partial charge is 0.235 e. The Bertz CT molecular complexity index is 865. The molecule has 26 heavy (non-hydrogen) atoms. The van der Waals surface area contributed by atoms with Crippen molar-refractivity contribution in [3.63, 3.8) is 0 Å². The number of thiocarbonyl (C=S) groups is 1. The van der Waals surface area contributed by atoms with Crippen LogP contribution in [-0.4, -0.2) is 10.1 Å². The summed E-state index contributed by atoms with van der Waals surface area (Å²) in [5.74, 6) is 7.15. The van der Waals surface area contributed by atoms with Gasteiger partial charge in [0, 0.05) is 17.8 Å². The van der Waals surface area contributed by atoms with Crippen LogP contribution in [-0.2, 0) is 0 Å². The molecule has 0 atom stereocenters. The maximum Gasteiger partial charge on any atom is 0.165 e. The molecular weight excluding hydrogens is 343 g/mol. The molecule has 0 spiro atoms.